The monoisotopic (exact) mass is 565 g/mol. The van der Waals surface area contributed by atoms with Crippen LogP contribution in [-0.2, 0) is 17.7 Å². The number of ether oxygens (including phenoxy) is 1. The predicted octanol–water partition coefficient (Wildman–Crippen LogP) is 7.59. The van der Waals surface area contributed by atoms with Crippen LogP contribution in [0, 0.1) is 5.82 Å². The molecule has 0 spiro atoms. The minimum absolute atomic E-state index is 0.0617. The van der Waals surface area contributed by atoms with Crippen LogP contribution in [0.1, 0.15) is 50.7 Å². The van der Waals surface area contributed by atoms with E-state index < -0.39 is 5.60 Å². The minimum Gasteiger partial charge on any atom is -0.444 e. The largest absolute Gasteiger partial charge is 0.444 e. The zero-order valence-corrected chi connectivity index (χ0v) is 24.3. The molecule has 4 heterocycles. The first kappa shape index (κ1) is 27.7. The summed E-state index contributed by atoms with van der Waals surface area (Å²) < 4.78 is 22.9. The number of carbonyl (C=O) groups is 1. The first-order valence-electron chi connectivity index (χ1n) is 14.6. The molecular formula is C34H36FN5O2. The van der Waals surface area contributed by atoms with Crippen LogP contribution in [0.5, 0.6) is 0 Å². The number of hydrogen-bond acceptors (Lipinski definition) is 4. The van der Waals surface area contributed by atoms with Crippen molar-refractivity contribution in [3.63, 3.8) is 0 Å². The number of likely N-dealkylation sites (tertiary alicyclic amines) is 1. The normalized spacial score (nSPS) is 14.4. The molecule has 216 valence electrons. The number of piperidine rings is 1. The lowest BCUT2D eigenvalue weighted by Crippen LogP contribution is -2.41. The van der Waals surface area contributed by atoms with E-state index in [9.17, 15) is 4.79 Å². The predicted molar refractivity (Wildman–Crippen MR) is 163 cm³/mol. The third kappa shape index (κ3) is 6.08. The molecule has 1 amide bonds. The van der Waals surface area contributed by atoms with E-state index in [2.05, 4.69) is 34.2 Å². The second kappa shape index (κ2) is 11.4. The zero-order chi connectivity index (χ0) is 29.3. The highest BCUT2D eigenvalue weighted by Crippen LogP contribution is 2.34. The third-order valence-electron chi connectivity index (χ3n) is 7.84. The highest BCUT2D eigenvalue weighted by Gasteiger charge is 2.28. The number of nitrogens with one attached hydrogen (secondary N) is 1. The molecule has 42 heavy (non-hydrogen) atoms. The Morgan fingerprint density at radius 1 is 1.05 bits per heavy atom. The van der Waals surface area contributed by atoms with Crippen molar-refractivity contribution in [2.24, 2.45) is 0 Å². The van der Waals surface area contributed by atoms with Crippen LogP contribution in [0.25, 0.3) is 33.4 Å². The molecule has 1 N–H and O–H groups in total. The molecule has 2 aromatic carbocycles. The Bertz CT molecular complexity index is 1690. The van der Waals surface area contributed by atoms with Gasteiger partial charge in [-0.05, 0) is 80.8 Å². The second-order valence-electron chi connectivity index (χ2n) is 12.0. The van der Waals surface area contributed by atoms with Gasteiger partial charge in [0.2, 0.25) is 0 Å². The number of hydrogen-bond donors (Lipinski definition) is 1. The Morgan fingerprint density at radius 2 is 1.83 bits per heavy atom. The lowest BCUT2D eigenvalue weighted by Gasteiger charge is -2.33. The highest BCUT2D eigenvalue weighted by molar-refractivity contribution is 5.94. The van der Waals surface area contributed by atoms with Crippen molar-refractivity contribution in [2.45, 2.75) is 58.1 Å². The number of carbonyl (C=O) groups excluding carboxylic acids is 1. The topological polar surface area (TPSA) is 76.0 Å². The number of aromatic nitrogens is 4. The number of H-pyrrole nitrogens is 1. The molecule has 1 saturated heterocycles. The first-order valence-corrected chi connectivity index (χ1v) is 14.6. The van der Waals surface area contributed by atoms with Crippen LogP contribution in [0.3, 0.4) is 0 Å². The van der Waals surface area contributed by atoms with E-state index in [-0.39, 0.29) is 17.8 Å². The standard InChI is InChI=1S/C34H36FN5O2/c1-34(2,3)42-33(41)39-15-12-24(13-16-39)27-10-9-25(20-30(27)35)26-19-28-29(22-37-32(28)36-21-26)31-14-18-40(38-31)17-11-23-7-5-4-6-8-23/h4-10,14,18-22,24H,11-13,15-17H2,1-3H3,(H,36,37). The summed E-state index contributed by atoms with van der Waals surface area (Å²) in [5.41, 5.74) is 5.66. The number of rotatable bonds is 6. The number of pyridine rings is 1. The number of amides is 1. The molecule has 8 heteroatoms. The number of aromatic amines is 1. The SMILES string of the molecule is CC(C)(C)OC(=O)N1CCC(c2ccc(-c3cnc4[nH]cc(-c5ccn(CCc6ccccc6)n5)c4c3)cc2F)CC1. The van der Waals surface area contributed by atoms with Crippen molar-refractivity contribution in [1.82, 2.24) is 24.6 Å². The molecule has 3 aromatic heterocycles. The van der Waals surface area contributed by atoms with Crippen LogP contribution in [-0.4, -0.2) is 49.4 Å². The number of aryl methyl sites for hydroxylation is 2. The van der Waals surface area contributed by atoms with Crippen molar-refractivity contribution in [2.75, 3.05) is 13.1 Å². The van der Waals surface area contributed by atoms with Crippen molar-refractivity contribution in [3.05, 3.63) is 96.2 Å². The summed E-state index contributed by atoms with van der Waals surface area (Å²) in [5, 5.41) is 5.75. The Morgan fingerprint density at radius 3 is 2.57 bits per heavy atom. The van der Waals surface area contributed by atoms with Gasteiger partial charge in [0.1, 0.15) is 17.1 Å². The molecule has 0 atom stereocenters. The van der Waals surface area contributed by atoms with Gasteiger partial charge in [-0.2, -0.15) is 5.10 Å². The smallest absolute Gasteiger partial charge is 0.410 e. The lowest BCUT2D eigenvalue weighted by atomic mass is 9.88. The molecule has 6 rings (SSSR count). The van der Waals surface area contributed by atoms with Crippen molar-refractivity contribution >= 4 is 17.1 Å². The van der Waals surface area contributed by atoms with Gasteiger partial charge in [-0.3, -0.25) is 4.68 Å². The Hall–Kier alpha value is -4.46. The van der Waals surface area contributed by atoms with Gasteiger partial charge in [0.15, 0.2) is 0 Å². The average molecular weight is 566 g/mol. The molecule has 1 aliphatic rings. The first-order chi connectivity index (χ1) is 20.2. The van der Waals surface area contributed by atoms with Crippen molar-refractivity contribution in [3.8, 4) is 22.4 Å². The van der Waals surface area contributed by atoms with Gasteiger partial charge in [0.25, 0.3) is 0 Å². The molecule has 0 unspecified atom stereocenters. The Kier molecular flexibility index (Phi) is 7.54. The molecule has 0 aliphatic carbocycles. The van der Waals surface area contributed by atoms with Gasteiger partial charge in [-0.15, -0.1) is 0 Å². The Labute approximate surface area is 245 Å². The number of nitrogens with zero attached hydrogens (tertiary/aromatic N) is 4. The minimum atomic E-state index is -0.529. The fraction of sp³-hybridized carbons (Fsp3) is 0.324. The molecule has 0 saturated carbocycles. The molecule has 5 aromatic rings. The van der Waals surface area contributed by atoms with Crippen LogP contribution in [0.4, 0.5) is 9.18 Å². The fourth-order valence-electron chi connectivity index (χ4n) is 5.63. The lowest BCUT2D eigenvalue weighted by molar-refractivity contribution is 0.0204. The molecular weight excluding hydrogens is 529 g/mol. The molecule has 1 fully saturated rings. The highest BCUT2D eigenvalue weighted by atomic mass is 19.1. The molecule has 1 aliphatic heterocycles. The maximum absolute atomic E-state index is 15.4. The van der Waals surface area contributed by atoms with E-state index in [0.29, 0.717) is 31.5 Å². The average Bonchev–Trinajstić information content (AvgIpc) is 3.62. The Balaban J connectivity index is 1.16. The maximum Gasteiger partial charge on any atom is 0.410 e. The van der Waals surface area contributed by atoms with Gasteiger partial charge >= 0.3 is 6.09 Å². The number of halogens is 1. The van der Waals surface area contributed by atoms with Crippen LogP contribution in [0.15, 0.2) is 79.3 Å². The summed E-state index contributed by atoms with van der Waals surface area (Å²) in [6.45, 7) is 7.49. The maximum atomic E-state index is 15.4. The zero-order valence-electron chi connectivity index (χ0n) is 24.3. The van der Waals surface area contributed by atoms with Gasteiger partial charge in [0, 0.05) is 54.7 Å². The summed E-state index contributed by atoms with van der Waals surface area (Å²) in [6.07, 6.45) is 7.71. The molecule has 7 nitrogen and oxygen atoms in total. The number of benzene rings is 2. The van der Waals surface area contributed by atoms with Crippen LogP contribution in [0.2, 0.25) is 0 Å². The molecule has 0 bridgehead atoms. The van der Waals surface area contributed by atoms with E-state index in [4.69, 9.17) is 9.84 Å². The van der Waals surface area contributed by atoms with E-state index in [1.807, 2.05) is 68.2 Å². The van der Waals surface area contributed by atoms with E-state index in [1.54, 1.807) is 17.2 Å². The van der Waals surface area contributed by atoms with Gasteiger partial charge < -0.3 is 14.6 Å². The summed E-state index contributed by atoms with van der Waals surface area (Å²) in [4.78, 5) is 22.0. The van der Waals surface area contributed by atoms with Crippen molar-refractivity contribution < 1.29 is 13.9 Å². The summed E-state index contributed by atoms with van der Waals surface area (Å²) in [7, 11) is 0. The quantitative estimate of drug-likeness (QED) is 0.230. The second-order valence-corrected chi connectivity index (χ2v) is 12.0. The number of fused-ring (bicyclic) bond motifs is 1. The van der Waals surface area contributed by atoms with Gasteiger partial charge in [0.05, 0.1) is 5.69 Å². The van der Waals surface area contributed by atoms with Gasteiger partial charge in [-0.1, -0.05) is 42.5 Å². The molecule has 0 radical (unpaired) electrons. The van der Waals surface area contributed by atoms with Crippen LogP contribution < -0.4 is 0 Å². The van der Waals surface area contributed by atoms with E-state index in [0.717, 1.165) is 46.4 Å². The summed E-state index contributed by atoms with van der Waals surface area (Å²) in [6, 6.07) is 19.9. The summed E-state index contributed by atoms with van der Waals surface area (Å²) in [5.74, 6) is -0.165. The third-order valence-corrected chi connectivity index (χ3v) is 7.84. The van der Waals surface area contributed by atoms with E-state index >= 15 is 4.39 Å². The van der Waals surface area contributed by atoms with Gasteiger partial charge in [-0.25, -0.2) is 14.2 Å². The fourth-order valence-corrected chi connectivity index (χ4v) is 5.63. The van der Waals surface area contributed by atoms with Crippen molar-refractivity contribution in [1.29, 1.82) is 0 Å². The van der Waals surface area contributed by atoms with Crippen LogP contribution >= 0.6 is 0 Å². The summed E-state index contributed by atoms with van der Waals surface area (Å²) >= 11 is 0. The van der Waals surface area contributed by atoms with E-state index in [1.165, 1.54) is 5.56 Å².